The molecule has 2 N–H and O–H groups in total. The number of anilines is 1. The monoisotopic (exact) mass is 554 g/mol. The van der Waals surface area contributed by atoms with E-state index in [4.69, 9.17) is 9.47 Å². The van der Waals surface area contributed by atoms with E-state index in [-0.39, 0.29) is 36.4 Å². The molecule has 172 valence electrons. The Morgan fingerprint density at radius 3 is 2.52 bits per heavy atom. The molecule has 0 unspecified atom stereocenters. The summed E-state index contributed by atoms with van der Waals surface area (Å²) in [5.74, 6) is 1.61. The smallest absolute Gasteiger partial charge is 0.422 e. The Hall–Kier alpha value is -2.44. The predicted molar refractivity (Wildman–Crippen MR) is 124 cm³/mol. The Balaban J connectivity index is 0.00000480. The second-order valence-electron chi connectivity index (χ2n) is 6.02. The van der Waals surface area contributed by atoms with Crippen LogP contribution in [0.25, 0.3) is 0 Å². The molecule has 0 atom stereocenters. The van der Waals surface area contributed by atoms with Crippen molar-refractivity contribution in [3.8, 4) is 17.4 Å². The molecule has 0 bridgehead atoms. The molecule has 7 nitrogen and oxygen atoms in total. The first-order chi connectivity index (χ1) is 14.3. The van der Waals surface area contributed by atoms with Gasteiger partial charge >= 0.3 is 6.18 Å². The van der Waals surface area contributed by atoms with Crippen LogP contribution in [0, 0.1) is 0 Å². The van der Waals surface area contributed by atoms with Crippen LogP contribution in [0.1, 0.15) is 19.4 Å². The van der Waals surface area contributed by atoms with Gasteiger partial charge in [0.15, 0.2) is 24.1 Å². The average Bonchev–Trinajstić information content (AvgIpc) is 2.72. The van der Waals surface area contributed by atoms with E-state index in [1.54, 1.807) is 25.3 Å². The van der Waals surface area contributed by atoms with Crippen molar-refractivity contribution in [2.24, 2.45) is 4.99 Å². The molecule has 2 aromatic rings. The van der Waals surface area contributed by atoms with Crippen molar-refractivity contribution in [1.29, 1.82) is 0 Å². The molecule has 1 aromatic carbocycles. The molecule has 1 heterocycles. The number of hydrogen-bond acceptors (Lipinski definition) is 5. The summed E-state index contributed by atoms with van der Waals surface area (Å²) >= 11 is 0. The van der Waals surface area contributed by atoms with Gasteiger partial charge in [-0.15, -0.1) is 24.0 Å². The molecule has 2 rings (SSSR count). The average molecular weight is 554 g/mol. The zero-order chi connectivity index (χ0) is 22.0. The van der Waals surface area contributed by atoms with Gasteiger partial charge in [0, 0.05) is 30.6 Å². The lowest BCUT2D eigenvalue weighted by Gasteiger charge is -2.14. The Morgan fingerprint density at radius 1 is 1.10 bits per heavy atom. The number of rotatable bonds is 9. The maximum absolute atomic E-state index is 12.3. The quantitative estimate of drug-likeness (QED) is 0.268. The van der Waals surface area contributed by atoms with Crippen molar-refractivity contribution in [2.75, 3.05) is 32.2 Å². The van der Waals surface area contributed by atoms with E-state index in [0.29, 0.717) is 36.2 Å². The molecule has 0 spiro atoms. The highest BCUT2D eigenvalue weighted by atomic mass is 127. The van der Waals surface area contributed by atoms with Crippen LogP contribution in [0.2, 0.25) is 0 Å². The minimum atomic E-state index is -4.42. The molecule has 1 aromatic heterocycles. The predicted octanol–water partition coefficient (Wildman–Crippen LogP) is 4.63. The fraction of sp³-hybridized carbons (Fsp3) is 0.400. The molecule has 0 fully saturated rings. The van der Waals surface area contributed by atoms with Gasteiger partial charge in [0.1, 0.15) is 0 Å². The van der Waals surface area contributed by atoms with Gasteiger partial charge in [-0.2, -0.15) is 13.2 Å². The van der Waals surface area contributed by atoms with Gasteiger partial charge in [0.25, 0.3) is 0 Å². The van der Waals surface area contributed by atoms with E-state index < -0.39 is 12.8 Å². The second-order valence-corrected chi connectivity index (χ2v) is 6.02. The summed E-state index contributed by atoms with van der Waals surface area (Å²) in [4.78, 5) is 8.25. The fourth-order valence-electron chi connectivity index (χ4n) is 2.42. The first kappa shape index (κ1) is 26.6. The Morgan fingerprint density at radius 2 is 1.87 bits per heavy atom. The van der Waals surface area contributed by atoms with Crippen molar-refractivity contribution in [3.05, 3.63) is 42.1 Å². The van der Waals surface area contributed by atoms with Crippen LogP contribution in [-0.2, 0) is 6.54 Å². The summed E-state index contributed by atoms with van der Waals surface area (Å²) in [5.41, 5.74) is 1.39. The molecule has 0 radical (unpaired) electrons. The lowest BCUT2D eigenvalue weighted by Crippen LogP contribution is -2.30. The van der Waals surface area contributed by atoms with Crippen LogP contribution in [-0.4, -0.2) is 44.0 Å². The molecule has 0 saturated heterocycles. The first-order valence-electron chi connectivity index (χ1n) is 9.35. The van der Waals surface area contributed by atoms with Gasteiger partial charge in [-0.05, 0) is 37.6 Å². The number of hydrogen-bond donors (Lipinski definition) is 2. The molecule has 0 aliphatic heterocycles. The van der Waals surface area contributed by atoms with Crippen LogP contribution >= 0.6 is 24.0 Å². The molecule has 31 heavy (non-hydrogen) atoms. The molecular formula is C20H26F3IN4O3. The third-order valence-electron chi connectivity index (χ3n) is 3.67. The van der Waals surface area contributed by atoms with Crippen molar-refractivity contribution in [1.82, 2.24) is 10.3 Å². The normalized spacial score (nSPS) is 11.4. The summed E-state index contributed by atoms with van der Waals surface area (Å²) in [6.07, 6.45) is -3.04. The molecular weight excluding hydrogens is 528 g/mol. The summed E-state index contributed by atoms with van der Waals surface area (Å²) in [6, 6.07) is 8.50. The fourth-order valence-corrected chi connectivity index (χ4v) is 2.42. The molecule has 0 amide bonds. The third kappa shape index (κ3) is 9.49. The van der Waals surface area contributed by atoms with Gasteiger partial charge in [-0.3, -0.25) is 0 Å². The minimum Gasteiger partial charge on any atom is -0.493 e. The Bertz CT molecular complexity index is 851. The SMILES string of the molecule is CCNC(=NCc1ccnc(OCC(F)(F)F)c1)Nc1ccc(OCC)c(OC)c1.I. The minimum absolute atomic E-state index is 0. The van der Waals surface area contributed by atoms with Crippen molar-refractivity contribution < 1.29 is 27.4 Å². The van der Waals surface area contributed by atoms with E-state index in [0.717, 1.165) is 5.69 Å². The van der Waals surface area contributed by atoms with E-state index in [1.165, 1.54) is 12.3 Å². The first-order valence-corrected chi connectivity index (χ1v) is 9.35. The van der Waals surface area contributed by atoms with Crippen LogP contribution in [0.5, 0.6) is 17.4 Å². The number of halogens is 4. The lowest BCUT2D eigenvalue weighted by molar-refractivity contribution is -0.154. The highest BCUT2D eigenvalue weighted by molar-refractivity contribution is 14.0. The number of pyridine rings is 1. The molecule has 0 aliphatic rings. The number of aliphatic imine (C=N–C) groups is 1. The van der Waals surface area contributed by atoms with Gasteiger partial charge in [-0.25, -0.2) is 9.98 Å². The summed E-state index contributed by atoms with van der Waals surface area (Å²) < 4.78 is 52.4. The summed E-state index contributed by atoms with van der Waals surface area (Å²) in [6.45, 7) is 3.78. The topological polar surface area (TPSA) is 77.0 Å². The van der Waals surface area contributed by atoms with E-state index >= 15 is 0 Å². The highest BCUT2D eigenvalue weighted by Crippen LogP contribution is 2.30. The number of aromatic nitrogens is 1. The Labute approximate surface area is 196 Å². The van der Waals surface area contributed by atoms with Crippen molar-refractivity contribution >= 4 is 35.6 Å². The molecule has 0 saturated carbocycles. The standard InChI is InChI=1S/C20H25F3N4O3.HI/c1-4-24-19(27-15-6-7-16(29-5-2)17(11-15)28-3)26-12-14-8-9-25-18(10-14)30-13-20(21,22)23;/h6-11H,4-5,12-13H2,1-3H3,(H2,24,26,27);1H. The third-order valence-corrected chi connectivity index (χ3v) is 3.67. The highest BCUT2D eigenvalue weighted by Gasteiger charge is 2.28. The maximum Gasteiger partial charge on any atom is 0.422 e. The second kappa shape index (κ2) is 13.1. The van der Waals surface area contributed by atoms with Crippen LogP contribution in [0.15, 0.2) is 41.5 Å². The van der Waals surface area contributed by atoms with Crippen LogP contribution in [0.3, 0.4) is 0 Å². The number of ether oxygens (including phenoxy) is 3. The largest absolute Gasteiger partial charge is 0.493 e. The van der Waals surface area contributed by atoms with Crippen molar-refractivity contribution in [2.45, 2.75) is 26.6 Å². The van der Waals surface area contributed by atoms with E-state index in [9.17, 15) is 13.2 Å². The van der Waals surface area contributed by atoms with E-state index in [1.807, 2.05) is 19.9 Å². The van der Waals surface area contributed by atoms with Gasteiger partial charge in [-0.1, -0.05) is 0 Å². The van der Waals surface area contributed by atoms with Gasteiger partial charge < -0.3 is 24.8 Å². The van der Waals surface area contributed by atoms with Gasteiger partial charge in [0.05, 0.1) is 20.3 Å². The van der Waals surface area contributed by atoms with Crippen molar-refractivity contribution in [3.63, 3.8) is 0 Å². The number of nitrogens with one attached hydrogen (secondary N) is 2. The number of nitrogens with zero attached hydrogens (tertiary/aromatic N) is 2. The summed E-state index contributed by atoms with van der Waals surface area (Å²) in [5, 5.41) is 6.27. The molecule has 11 heteroatoms. The zero-order valence-corrected chi connectivity index (χ0v) is 19.8. The number of benzene rings is 1. The number of methoxy groups -OCH3 is 1. The summed E-state index contributed by atoms with van der Waals surface area (Å²) in [7, 11) is 1.56. The maximum atomic E-state index is 12.3. The van der Waals surface area contributed by atoms with Crippen LogP contribution < -0.4 is 24.8 Å². The number of guanidine groups is 1. The van der Waals surface area contributed by atoms with E-state index in [2.05, 4.69) is 25.3 Å². The van der Waals surface area contributed by atoms with Gasteiger partial charge in [0.2, 0.25) is 5.88 Å². The van der Waals surface area contributed by atoms with Crippen LogP contribution in [0.4, 0.5) is 18.9 Å². The Kier molecular flexibility index (Phi) is 11.2. The lowest BCUT2D eigenvalue weighted by atomic mass is 10.2. The zero-order valence-electron chi connectivity index (χ0n) is 17.5. The number of alkyl halides is 3. The molecule has 0 aliphatic carbocycles.